The minimum absolute atomic E-state index is 0.161. The summed E-state index contributed by atoms with van der Waals surface area (Å²) in [7, 11) is 0. The fraction of sp³-hybridized carbons (Fsp3) is 0.333. The highest BCUT2D eigenvalue weighted by Crippen LogP contribution is 2.23. The molecule has 2 aromatic carbocycles. The van der Waals surface area contributed by atoms with Gasteiger partial charge < -0.3 is 4.74 Å². The molecule has 2 aromatic rings. The Bertz CT molecular complexity index is 528. The molecule has 0 saturated heterocycles. The molecule has 0 heterocycles. The maximum absolute atomic E-state index is 5.72. The number of aryl methyl sites for hydroxylation is 1. The molecule has 2 rings (SSSR count). The van der Waals surface area contributed by atoms with Gasteiger partial charge in [-0.15, -0.1) is 0 Å². The van der Waals surface area contributed by atoms with Gasteiger partial charge in [0.25, 0.3) is 0 Å². The Balaban J connectivity index is 1.91. The largest absolute Gasteiger partial charge is 0.494 e. The fourth-order valence-electron chi connectivity index (χ4n) is 2.49. The van der Waals surface area contributed by atoms with E-state index in [2.05, 4.69) is 41.8 Å². The van der Waals surface area contributed by atoms with Crippen LogP contribution in [0, 0.1) is 0 Å². The van der Waals surface area contributed by atoms with Gasteiger partial charge in [-0.2, -0.15) is 0 Å². The highest BCUT2D eigenvalue weighted by Gasteiger charge is 2.10. The third-order valence-corrected chi connectivity index (χ3v) is 3.57. The molecule has 1 unspecified atom stereocenters. The van der Waals surface area contributed by atoms with Crippen LogP contribution in [0.3, 0.4) is 0 Å². The molecule has 0 bridgehead atoms. The molecular formula is C18H24N2O. The summed E-state index contributed by atoms with van der Waals surface area (Å²) in [5, 5.41) is 0. The van der Waals surface area contributed by atoms with Gasteiger partial charge in [0.05, 0.1) is 6.61 Å². The van der Waals surface area contributed by atoms with E-state index in [-0.39, 0.29) is 6.04 Å². The van der Waals surface area contributed by atoms with Crippen molar-refractivity contribution < 1.29 is 4.74 Å². The number of nitrogens with two attached hydrogens (primary N) is 1. The zero-order chi connectivity index (χ0) is 14.9. The van der Waals surface area contributed by atoms with Gasteiger partial charge in [-0.3, -0.25) is 11.3 Å². The van der Waals surface area contributed by atoms with E-state index >= 15 is 0 Å². The van der Waals surface area contributed by atoms with E-state index in [0.717, 1.165) is 25.0 Å². The Labute approximate surface area is 127 Å². The average Bonchev–Trinajstić information content (AvgIpc) is 2.53. The monoisotopic (exact) mass is 284 g/mol. The molecule has 1 atom stereocenters. The van der Waals surface area contributed by atoms with Crippen LogP contribution in [0.15, 0.2) is 54.6 Å². The van der Waals surface area contributed by atoms with Crippen molar-refractivity contribution in [2.75, 3.05) is 6.61 Å². The van der Waals surface area contributed by atoms with Crippen LogP contribution >= 0.6 is 0 Å². The van der Waals surface area contributed by atoms with Crippen molar-refractivity contribution in [1.29, 1.82) is 0 Å². The van der Waals surface area contributed by atoms with Gasteiger partial charge in [0.1, 0.15) is 5.75 Å². The minimum Gasteiger partial charge on any atom is -0.494 e. The van der Waals surface area contributed by atoms with Crippen LogP contribution < -0.4 is 16.0 Å². The molecule has 112 valence electrons. The standard InChI is InChI=1S/C18H24N2O/c1-2-21-17-12-7-11-16(14-17)18(20-19)13-6-10-15-8-4-3-5-9-15/h3-5,7-9,11-12,14,18,20H,2,6,10,13,19H2,1H3. The van der Waals surface area contributed by atoms with Gasteiger partial charge in [0, 0.05) is 6.04 Å². The lowest BCUT2D eigenvalue weighted by Crippen LogP contribution is -2.28. The highest BCUT2D eigenvalue weighted by molar-refractivity contribution is 5.30. The maximum Gasteiger partial charge on any atom is 0.119 e. The molecule has 0 aliphatic heterocycles. The number of ether oxygens (including phenoxy) is 1. The van der Waals surface area contributed by atoms with Crippen molar-refractivity contribution in [3.05, 3.63) is 65.7 Å². The number of hydrogen-bond acceptors (Lipinski definition) is 3. The lowest BCUT2D eigenvalue weighted by Gasteiger charge is -2.17. The lowest BCUT2D eigenvalue weighted by atomic mass is 9.99. The normalized spacial score (nSPS) is 12.1. The summed E-state index contributed by atoms with van der Waals surface area (Å²) in [6.45, 7) is 2.67. The Kier molecular flexibility index (Phi) is 6.25. The Morgan fingerprint density at radius 3 is 2.62 bits per heavy atom. The van der Waals surface area contributed by atoms with Crippen molar-refractivity contribution in [3.63, 3.8) is 0 Å². The SMILES string of the molecule is CCOc1cccc(C(CCCc2ccccc2)NN)c1. The molecule has 3 nitrogen and oxygen atoms in total. The first-order chi connectivity index (χ1) is 10.3. The molecule has 3 N–H and O–H groups in total. The van der Waals surface area contributed by atoms with Gasteiger partial charge in [0.15, 0.2) is 0 Å². The third-order valence-electron chi connectivity index (χ3n) is 3.57. The van der Waals surface area contributed by atoms with Gasteiger partial charge in [0.2, 0.25) is 0 Å². The number of nitrogens with one attached hydrogen (secondary N) is 1. The molecule has 0 amide bonds. The van der Waals surface area contributed by atoms with E-state index in [1.54, 1.807) is 0 Å². The summed E-state index contributed by atoms with van der Waals surface area (Å²) in [4.78, 5) is 0. The molecule has 0 aliphatic rings. The van der Waals surface area contributed by atoms with Crippen molar-refractivity contribution in [3.8, 4) is 5.75 Å². The summed E-state index contributed by atoms with van der Waals surface area (Å²) in [5.41, 5.74) is 5.47. The van der Waals surface area contributed by atoms with Crippen LogP contribution in [-0.4, -0.2) is 6.61 Å². The predicted molar refractivity (Wildman–Crippen MR) is 87.1 cm³/mol. The van der Waals surface area contributed by atoms with Crippen LogP contribution in [0.4, 0.5) is 0 Å². The Morgan fingerprint density at radius 2 is 1.90 bits per heavy atom. The first kappa shape index (κ1) is 15.5. The molecule has 0 saturated carbocycles. The lowest BCUT2D eigenvalue weighted by molar-refractivity contribution is 0.339. The van der Waals surface area contributed by atoms with E-state index < -0.39 is 0 Å². The highest BCUT2D eigenvalue weighted by atomic mass is 16.5. The molecular weight excluding hydrogens is 260 g/mol. The molecule has 0 aliphatic carbocycles. The zero-order valence-electron chi connectivity index (χ0n) is 12.6. The number of hydrazine groups is 1. The van der Waals surface area contributed by atoms with E-state index in [1.165, 1.54) is 11.1 Å². The fourth-order valence-corrected chi connectivity index (χ4v) is 2.49. The molecule has 0 radical (unpaired) electrons. The predicted octanol–water partition coefficient (Wildman–Crippen LogP) is 3.61. The average molecular weight is 284 g/mol. The van der Waals surface area contributed by atoms with Crippen LogP contribution in [-0.2, 0) is 6.42 Å². The number of hydrogen-bond donors (Lipinski definition) is 2. The van der Waals surface area contributed by atoms with Gasteiger partial charge in [-0.25, -0.2) is 0 Å². The first-order valence-electron chi connectivity index (χ1n) is 7.56. The third kappa shape index (κ3) is 4.88. The second-order valence-electron chi connectivity index (χ2n) is 5.10. The summed E-state index contributed by atoms with van der Waals surface area (Å²) in [6.07, 6.45) is 3.17. The van der Waals surface area contributed by atoms with Gasteiger partial charge in [-0.1, -0.05) is 42.5 Å². The summed E-state index contributed by atoms with van der Waals surface area (Å²) >= 11 is 0. The topological polar surface area (TPSA) is 47.3 Å². The zero-order valence-corrected chi connectivity index (χ0v) is 12.6. The van der Waals surface area contributed by atoms with Crippen LogP contribution in [0.1, 0.15) is 36.9 Å². The first-order valence-corrected chi connectivity index (χ1v) is 7.56. The number of rotatable bonds is 8. The molecule has 0 aromatic heterocycles. The van der Waals surface area contributed by atoms with Gasteiger partial charge in [-0.05, 0) is 49.4 Å². The van der Waals surface area contributed by atoms with Crippen LogP contribution in [0.5, 0.6) is 5.75 Å². The molecule has 21 heavy (non-hydrogen) atoms. The van der Waals surface area contributed by atoms with Crippen LogP contribution in [0.25, 0.3) is 0 Å². The van der Waals surface area contributed by atoms with Crippen molar-refractivity contribution in [1.82, 2.24) is 5.43 Å². The van der Waals surface area contributed by atoms with Crippen molar-refractivity contribution >= 4 is 0 Å². The van der Waals surface area contributed by atoms with Gasteiger partial charge >= 0.3 is 0 Å². The van der Waals surface area contributed by atoms with Crippen molar-refractivity contribution in [2.45, 2.75) is 32.2 Å². The summed E-state index contributed by atoms with van der Waals surface area (Å²) < 4.78 is 5.55. The Morgan fingerprint density at radius 1 is 1.10 bits per heavy atom. The van der Waals surface area contributed by atoms with Crippen molar-refractivity contribution in [2.24, 2.45) is 5.84 Å². The second-order valence-corrected chi connectivity index (χ2v) is 5.10. The number of benzene rings is 2. The molecule has 0 fully saturated rings. The molecule has 0 spiro atoms. The van der Waals surface area contributed by atoms with E-state index in [1.807, 2.05) is 25.1 Å². The minimum atomic E-state index is 0.161. The van der Waals surface area contributed by atoms with Crippen LogP contribution in [0.2, 0.25) is 0 Å². The smallest absolute Gasteiger partial charge is 0.119 e. The Hall–Kier alpha value is -1.84. The summed E-state index contributed by atoms with van der Waals surface area (Å²) in [6, 6.07) is 18.9. The summed E-state index contributed by atoms with van der Waals surface area (Å²) in [5.74, 6) is 6.62. The van der Waals surface area contributed by atoms with E-state index in [4.69, 9.17) is 10.6 Å². The quantitative estimate of drug-likeness (QED) is 0.575. The van der Waals surface area contributed by atoms with E-state index in [0.29, 0.717) is 6.61 Å². The maximum atomic E-state index is 5.72. The molecule has 3 heteroatoms. The second kappa shape index (κ2) is 8.45. The van der Waals surface area contributed by atoms with E-state index in [9.17, 15) is 0 Å².